The molecule has 1 saturated heterocycles. The molecule has 0 spiro atoms. The second kappa shape index (κ2) is 8.05. The van der Waals surface area contributed by atoms with Gasteiger partial charge in [-0.1, -0.05) is 0 Å². The molecular formula is C20H24F2N6O3. The van der Waals surface area contributed by atoms with Gasteiger partial charge in [0, 0.05) is 36.6 Å². The zero-order valence-electron chi connectivity index (χ0n) is 17.2. The summed E-state index contributed by atoms with van der Waals surface area (Å²) in [5.41, 5.74) is 7.63. The number of primary amides is 1. The second-order valence-corrected chi connectivity index (χ2v) is 7.80. The standard InChI is InChI=1S/C20H24F2N6O3/c1-11(2)27-6-5-26-9-17(28-15(18(21)22)10-31-20(28)30)25-19(26)13-4-3-12(7-14(13)27)24-8-16(23)29/h3-4,7,9,11,15,18,24H,5-6,8,10H2,1-2H3,(H2,23,29). The van der Waals surface area contributed by atoms with Gasteiger partial charge in [-0.25, -0.2) is 23.5 Å². The van der Waals surface area contributed by atoms with E-state index in [1.54, 1.807) is 12.3 Å². The SMILES string of the molecule is CC(C)N1CCn2cc(N3C(=O)OCC3C(F)F)nc2-c2ccc(NCC(N)=O)cc21. The minimum Gasteiger partial charge on any atom is -0.447 e. The summed E-state index contributed by atoms with van der Waals surface area (Å²) in [6.07, 6.45) is -1.95. The van der Waals surface area contributed by atoms with Crippen molar-refractivity contribution in [3.8, 4) is 11.4 Å². The molecule has 166 valence electrons. The highest BCUT2D eigenvalue weighted by Gasteiger charge is 2.42. The summed E-state index contributed by atoms with van der Waals surface area (Å²) in [7, 11) is 0. The van der Waals surface area contributed by atoms with Crippen molar-refractivity contribution < 1.29 is 23.1 Å². The smallest absolute Gasteiger partial charge is 0.416 e. The van der Waals surface area contributed by atoms with Crippen LogP contribution in [0.2, 0.25) is 0 Å². The topological polar surface area (TPSA) is 106 Å². The van der Waals surface area contributed by atoms with Gasteiger partial charge in [-0.05, 0) is 32.0 Å². The Kier molecular flexibility index (Phi) is 5.42. The average molecular weight is 434 g/mol. The number of cyclic esters (lactones) is 1. The van der Waals surface area contributed by atoms with E-state index in [4.69, 9.17) is 10.5 Å². The first-order valence-corrected chi connectivity index (χ1v) is 10.0. The van der Waals surface area contributed by atoms with Gasteiger partial charge in [-0.3, -0.25) is 4.79 Å². The lowest BCUT2D eigenvalue weighted by Gasteiger charge is -2.29. The van der Waals surface area contributed by atoms with Crippen LogP contribution in [0.25, 0.3) is 11.4 Å². The number of rotatable bonds is 6. The highest BCUT2D eigenvalue weighted by molar-refractivity contribution is 5.90. The summed E-state index contributed by atoms with van der Waals surface area (Å²) in [6, 6.07) is 4.39. The van der Waals surface area contributed by atoms with Gasteiger partial charge in [-0.2, -0.15) is 0 Å². The summed E-state index contributed by atoms with van der Waals surface area (Å²) in [5.74, 6) is 0.243. The first-order chi connectivity index (χ1) is 14.8. The molecule has 2 aliphatic rings. The molecule has 11 heteroatoms. The predicted molar refractivity (Wildman–Crippen MR) is 111 cm³/mol. The molecule has 2 aromatic rings. The number of halogens is 2. The molecule has 0 bridgehead atoms. The fraction of sp³-hybridized carbons (Fsp3) is 0.450. The number of carbonyl (C=O) groups is 2. The number of amides is 2. The molecular weight excluding hydrogens is 410 g/mol. The van der Waals surface area contributed by atoms with Gasteiger partial charge in [0.15, 0.2) is 5.82 Å². The molecule has 0 saturated carbocycles. The van der Waals surface area contributed by atoms with E-state index in [9.17, 15) is 18.4 Å². The molecule has 1 aromatic carbocycles. The molecule has 1 atom stereocenters. The first-order valence-electron chi connectivity index (χ1n) is 10.0. The number of benzene rings is 1. The first kappa shape index (κ1) is 20.9. The Morgan fingerprint density at radius 1 is 1.35 bits per heavy atom. The number of aromatic nitrogens is 2. The summed E-state index contributed by atoms with van der Waals surface area (Å²) in [5, 5.41) is 2.99. The van der Waals surface area contributed by atoms with E-state index in [2.05, 4.69) is 29.0 Å². The Hall–Kier alpha value is -3.37. The Balaban J connectivity index is 1.76. The van der Waals surface area contributed by atoms with Gasteiger partial charge in [-0.15, -0.1) is 0 Å². The maximum atomic E-state index is 13.4. The third kappa shape index (κ3) is 3.87. The monoisotopic (exact) mass is 434 g/mol. The van der Waals surface area contributed by atoms with Crippen LogP contribution in [0.4, 0.5) is 30.8 Å². The van der Waals surface area contributed by atoms with Gasteiger partial charge in [0.25, 0.3) is 6.43 Å². The lowest BCUT2D eigenvalue weighted by atomic mass is 10.1. The quantitative estimate of drug-likeness (QED) is 0.723. The molecule has 4 rings (SSSR count). The van der Waals surface area contributed by atoms with E-state index >= 15 is 0 Å². The van der Waals surface area contributed by atoms with E-state index in [0.717, 1.165) is 21.8 Å². The third-order valence-corrected chi connectivity index (χ3v) is 5.43. The number of imidazole rings is 1. The van der Waals surface area contributed by atoms with Gasteiger partial charge in [0.05, 0.1) is 12.2 Å². The molecule has 3 N–H and O–H groups in total. The number of ether oxygens (including phenoxy) is 1. The van der Waals surface area contributed by atoms with E-state index in [0.29, 0.717) is 18.9 Å². The molecule has 2 amide bonds. The Labute approximate surface area is 177 Å². The van der Waals surface area contributed by atoms with Crippen molar-refractivity contribution in [3.05, 3.63) is 24.4 Å². The maximum absolute atomic E-state index is 13.4. The lowest BCUT2D eigenvalue weighted by Crippen LogP contribution is -2.39. The third-order valence-electron chi connectivity index (χ3n) is 5.43. The number of nitrogens with two attached hydrogens (primary N) is 1. The highest BCUT2D eigenvalue weighted by Crippen LogP contribution is 2.38. The Bertz CT molecular complexity index is 1010. The zero-order chi connectivity index (χ0) is 22.3. The van der Waals surface area contributed by atoms with Crippen LogP contribution >= 0.6 is 0 Å². The molecule has 1 unspecified atom stereocenters. The van der Waals surface area contributed by atoms with Crippen LogP contribution < -0.4 is 20.9 Å². The number of fused-ring (bicyclic) bond motifs is 3. The van der Waals surface area contributed by atoms with E-state index in [1.807, 2.05) is 16.7 Å². The fourth-order valence-electron chi connectivity index (χ4n) is 3.92. The van der Waals surface area contributed by atoms with Crippen LogP contribution in [0.5, 0.6) is 0 Å². The van der Waals surface area contributed by atoms with Crippen LogP contribution in [0.1, 0.15) is 13.8 Å². The van der Waals surface area contributed by atoms with E-state index in [1.165, 1.54) is 0 Å². The molecule has 0 radical (unpaired) electrons. The van der Waals surface area contributed by atoms with Crippen molar-refractivity contribution in [1.29, 1.82) is 0 Å². The van der Waals surface area contributed by atoms with Crippen molar-refractivity contribution in [2.24, 2.45) is 5.73 Å². The number of hydrogen-bond acceptors (Lipinski definition) is 6. The fourth-order valence-corrected chi connectivity index (χ4v) is 3.92. The number of nitrogens with one attached hydrogen (secondary N) is 1. The van der Waals surface area contributed by atoms with Crippen molar-refractivity contribution >= 4 is 29.2 Å². The maximum Gasteiger partial charge on any atom is 0.416 e. The molecule has 1 fully saturated rings. The number of anilines is 3. The van der Waals surface area contributed by atoms with Crippen molar-refractivity contribution in [2.45, 2.75) is 38.9 Å². The highest BCUT2D eigenvalue weighted by atomic mass is 19.3. The molecule has 31 heavy (non-hydrogen) atoms. The number of carbonyl (C=O) groups excluding carboxylic acids is 2. The van der Waals surface area contributed by atoms with Crippen LogP contribution in [-0.4, -0.2) is 59.8 Å². The minimum atomic E-state index is -2.74. The summed E-state index contributed by atoms with van der Waals surface area (Å²) < 4.78 is 33.5. The van der Waals surface area contributed by atoms with Crippen LogP contribution in [0.15, 0.2) is 24.4 Å². The number of nitrogens with zero attached hydrogens (tertiary/aromatic N) is 4. The van der Waals surface area contributed by atoms with Gasteiger partial charge >= 0.3 is 6.09 Å². The second-order valence-electron chi connectivity index (χ2n) is 7.80. The van der Waals surface area contributed by atoms with Crippen molar-refractivity contribution in [2.75, 3.05) is 34.8 Å². The lowest BCUT2D eigenvalue weighted by molar-refractivity contribution is -0.116. The Morgan fingerprint density at radius 3 is 2.81 bits per heavy atom. The normalized spacial score (nSPS) is 18.1. The van der Waals surface area contributed by atoms with E-state index in [-0.39, 0.29) is 25.0 Å². The van der Waals surface area contributed by atoms with Gasteiger partial charge in [0.2, 0.25) is 5.91 Å². The van der Waals surface area contributed by atoms with Crippen LogP contribution in [-0.2, 0) is 16.1 Å². The van der Waals surface area contributed by atoms with E-state index < -0.39 is 24.5 Å². The molecule has 3 heterocycles. The minimum absolute atomic E-state index is 0.00529. The molecule has 1 aromatic heterocycles. The zero-order valence-corrected chi connectivity index (χ0v) is 17.2. The number of hydrogen-bond donors (Lipinski definition) is 2. The largest absolute Gasteiger partial charge is 0.447 e. The van der Waals surface area contributed by atoms with Gasteiger partial charge in [0.1, 0.15) is 18.5 Å². The number of alkyl halides is 2. The summed E-state index contributed by atoms with van der Waals surface area (Å²) >= 11 is 0. The predicted octanol–water partition coefficient (Wildman–Crippen LogP) is 2.27. The summed E-state index contributed by atoms with van der Waals surface area (Å²) in [4.78, 5) is 30.9. The van der Waals surface area contributed by atoms with Crippen LogP contribution in [0, 0.1) is 0 Å². The molecule has 0 aliphatic carbocycles. The van der Waals surface area contributed by atoms with Crippen molar-refractivity contribution in [1.82, 2.24) is 9.55 Å². The van der Waals surface area contributed by atoms with Gasteiger partial charge < -0.3 is 25.3 Å². The van der Waals surface area contributed by atoms with Crippen LogP contribution in [0.3, 0.4) is 0 Å². The van der Waals surface area contributed by atoms with Crippen molar-refractivity contribution in [3.63, 3.8) is 0 Å². The molecule has 9 nitrogen and oxygen atoms in total. The average Bonchev–Trinajstić information content (AvgIpc) is 3.26. The molecule has 2 aliphatic heterocycles. The Morgan fingerprint density at radius 2 is 2.13 bits per heavy atom. The summed E-state index contributed by atoms with van der Waals surface area (Å²) in [6.45, 7) is 4.98.